The van der Waals surface area contributed by atoms with Crippen molar-refractivity contribution in [3.05, 3.63) is 54.2 Å². The van der Waals surface area contributed by atoms with Crippen molar-refractivity contribution in [1.82, 2.24) is 14.8 Å². The summed E-state index contributed by atoms with van der Waals surface area (Å²) in [6.45, 7) is 7.62. The summed E-state index contributed by atoms with van der Waals surface area (Å²) < 4.78 is 40.3. The van der Waals surface area contributed by atoms with Gasteiger partial charge >= 0.3 is 12.3 Å². The molecule has 2 aliphatic rings. The Morgan fingerprint density at radius 2 is 1.56 bits per heavy atom. The number of ether oxygens (including phenoxy) is 1. The van der Waals surface area contributed by atoms with Crippen LogP contribution in [0.3, 0.4) is 0 Å². The first-order chi connectivity index (χ1) is 18.7. The molecule has 0 atom stereocenters. The van der Waals surface area contributed by atoms with Gasteiger partial charge in [-0.2, -0.15) is 0 Å². The monoisotopic (exact) mass is 546 g/mol. The molecule has 0 bridgehead atoms. The molecule has 4 N–H and O–H groups in total. The molecule has 0 saturated carbocycles. The predicted octanol–water partition coefficient (Wildman–Crippen LogP) is 5.72. The van der Waals surface area contributed by atoms with E-state index in [-0.39, 0.29) is 11.4 Å². The lowest BCUT2D eigenvalue weighted by Gasteiger charge is -2.32. The molecule has 0 radical (unpaired) electrons. The number of likely N-dealkylation sites (tertiary alicyclic amines) is 2. The zero-order valence-corrected chi connectivity index (χ0v) is 22.1. The number of fused-ring (bicyclic) bond motifs is 1. The fourth-order valence-electron chi connectivity index (χ4n) is 5.18. The van der Waals surface area contributed by atoms with Gasteiger partial charge in [0.05, 0.1) is 0 Å². The first kappa shape index (κ1) is 28.9. The van der Waals surface area contributed by atoms with Crippen LogP contribution in [0.2, 0.25) is 0 Å². The number of nitrogens with zero attached hydrogens (tertiary/aromatic N) is 2. The number of aromatic amines is 1. The summed E-state index contributed by atoms with van der Waals surface area (Å²) in [7, 11) is 0. The summed E-state index contributed by atoms with van der Waals surface area (Å²) in [6.07, 6.45) is 3.35. The number of aromatic carboxylic acids is 1. The lowest BCUT2D eigenvalue weighted by molar-refractivity contribution is -0.274. The zero-order valence-electron chi connectivity index (χ0n) is 22.1. The number of halogens is 3. The topological polar surface area (TPSA) is 94.8 Å². The largest absolute Gasteiger partial charge is 0.573 e. The number of rotatable bonds is 6. The third-order valence-corrected chi connectivity index (χ3v) is 7.36. The quantitative estimate of drug-likeness (QED) is 0.366. The average Bonchev–Trinajstić information content (AvgIpc) is 3.18. The van der Waals surface area contributed by atoms with E-state index in [0.29, 0.717) is 28.1 Å². The van der Waals surface area contributed by atoms with Gasteiger partial charge in [-0.1, -0.05) is 37.1 Å². The number of aromatic nitrogens is 1. The molecule has 39 heavy (non-hydrogen) atoms. The standard InChI is InChI=1S/C16H10F3NO3.C13H27N3/c17-16(18,19)23-10-6-4-9(5-7-10)11-2-1-3-13-12(11)8-14(20-13)15(21)22;14-13-5-9-16(10-6-13)12-11-15-7-3-1-2-4-8-15/h1-8,20H,(H,21,22);13H,1-12,14H2. The van der Waals surface area contributed by atoms with Gasteiger partial charge in [-0.25, -0.2) is 4.79 Å². The van der Waals surface area contributed by atoms with Crippen molar-refractivity contribution >= 4 is 16.9 Å². The number of carbonyl (C=O) groups is 1. The molecular weight excluding hydrogens is 509 g/mol. The molecule has 3 aromatic rings. The summed E-state index contributed by atoms with van der Waals surface area (Å²) in [6, 6.07) is 12.6. The van der Waals surface area contributed by atoms with Gasteiger partial charge in [-0.05, 0) is 87.3 Å². The molecule has 2 fully saturated rings. The van der Waals surface area contributed by atoms with Gasteiger partial charge in [0.2, 0.25) is 0 Å². The van der Waals surface area contributed by atoms with E-state index >= 15 is 0 Å². The Morgan fingerprint density at radius 3 is 2.15 bits per heavy atom. The molecule has 2 saturated heterocycles. The van der Waals surface area contributed by atoms with E-state index in [1.54, 1.807) is 18.2 Å². The predicted molar refractivity (Wildman–Crippen MR) is 146 cm³/mol. The van der Waals surface area contributed by atoms with Crippen LogP contribution in [0.15, 0.2) is 48.5 Å². The van der Waals surface area contributed by atoms with Crippen LogP contribution in [-0.2, 0) is 0 Å². The fourth-order valence-corrected chi connectivity index (χ4v) is 5.18. The van der Waals surface area contributed by atoms with Crippen LogP contribution in [0.1, 0.15) is 49.0 Å². The second kappa shape index (κ2) is 13.3. The highest BCUT2D eigenvalue weighted by atomic mass is 19.4. The van der Waals surface area contributed by atoms with E-state index in [9.17, 15) is 18.0 Å². The first-order valence-corrected chi connectivity index (χ1v) is 13.6. The Bertz CT molecular complexity index is 1200. The van der Waals surface area contributed by atoms with Crippen LogP contribution in [0.4, 0.5) is 13.2 Å². The summed E-state index contributed by atoms with van der Waals surface area (Å²) in [4.78, 5) is 19.1. The molecule has 3 heterocycles. The van der Waals surface area contributed by atoms with Gasteiger partial charge in [-0.3, -0.25) is 0 Å². The third kappa shape index (κ3) is 8.71. The molecule has 0 amide bonds. The second-order valence-electron chi connectivity index (χ2n) is 10.3. The van der Waals surface area contributed by atoms with Crippen LogP contribution in [-0.4, -0.2) is 77.5 Å². The molecule has 0 spiro atoms. The lowest BCUT2D eigenvalue weighted by Crippen LogP contribution is -2.43. The van der Waals surface area contributed by atoms with E-state index in [1.165, 1.54) is 108 Å². The lowest BCUT2D eigenvalue weighted by atomic mass is 10.0. The summed E-state index contributed by atoms with van der Waals surface area (Å²) >= 11 is 0. The molecule has 1 aromatic heterocycles. The van der Waals surface area contributed by atoms with Gasteiger partial charge in [0.25, 0.3) is 0 Å². The minimum absolute atomic E-state index is 0.0458. The SMILES string of the molecule is NC1CCN(CCN2CCCCCC2)CC1.O=C(O)c1cc2c(-c3ccc(OC(F)(F)F)cc3)cccc2[nH]1. The maximum Gasteiger partial charge on any atom is 0.573 e. The summed E-state index contributed by atoms with van der Waals surface area (Å²) in [5.41, 5.74) is 7.97. The highest BCUT2D eigenvalue weighted by molar-refractivity contribution is 6.00. The van der Waals surface area contributed by atoms with Crippen molar-refractivity contribution in [2.75, 3.05) is 39.3 Å². The Hall–Kier alpha value is -3.08. The van der Waals surface area contributed by atoms with Crippen molar-refractivity contribution in [3.63, 3.8) is 0 Å². The highest BCUT2D eigenvalue weighted by Gasteiger charge is 2.31. The van der Waals surface area contributed by atoms with Crippen molar-refractivity contribution < 1.29 is 27.8 Å². The van der Waals surface area contributed by atoms with E-state index in [0.717, 1.165) is 0 Å². The van der Waals surface area contributed by atoms with E-state index in [1.807, 2.05) is 0 Å². The van der Waals surface area contributed by atoms with E-state index in [4.69, 9.17) is 10.8 Å². The smallest absolute Gasteiger partial charge is 0.477 e. The number of H-pyrrole nitrogens is 1. The first-order valence-electron chi connectivity index (χ1n) is 13.6. The van der Waals surface area contributed by atoms with Gasteiger partial charge in [0.15, 0.2) is 0 Å². The molecule has 0 aliphatic carbocycles. The van der Waals surface area contributed by atoms with E-state index in [2.05, 4.69) is 19.5 Å². The zero-order chi connectivity index (χ0) is 27.8. The second-order valence-corrected chi connectivity index (χ2v) is 10.3. The van der Waals surface area contributed by atoms with Crippen molar-refractivity contribution in [1.29, 1.82) is 0 Å². The molecule has 212 valence electrons. The molecule has 2 aromatic carbocycles. The molecule has 7 nitrogen and oxygen atoms in total. The number of nitrogens with one attached hydrogen (secondary N) is 1. The minimum Gasteiger partial charge on any atom is -0.477 e. The Balaban J connectivity index is 0.000000193. The van der Waals surface area contributed by atoms with Gasteiger partial charge in [0, 0.05) is 30.0 Å². The van der Waals surface area contributed by atoms with Crippen molar-refractivity contribution in [2.24, 2.45) is 5.73 Å². The fraction of sp³-hybridized carbons (Fsp3) is 0.483. The number of alkyl halides is 3. The number of piperidine rings is 1. The number of hydrogen-bond acceptors (Lipinski definition) is 5. The number of carboxylic acids is 1. The number of carboxylic acid groups (broad SMARTS) is 1. The molecule has 2 aliphatic heterocycles. The molecular formula is C29H37F3N4O3. The van der Waals surface area contributed by atoms with Gasteiger partial charge < -0.3 is 30.4 Å². The molecule has 0 unspecified atom stereocenters. The molecule has 5 rings (SSSR count). The van der Waals surface area contributed by atoms with Crippen molar-refractivity contribution in [3.8, 4) is 16.9 Å². The van der Waals surface area contributed by atoms with Crippen LogP contribution in [0.5, 0.6) is 5.75 Å². The van der Waals surface area contributed by atoms with E-state index < -0.39 is 12.3 Å². The van der Waals surface area contributed by atoms with Crippen molar-refractivity contribution in [2.45, 2.75) is 50.9 Å². The summed E-state index contributed by atoms with van der Waals surface area (Å²) in [5.74, 6) is -1.39. The maximum atomic E-state index is 12.2. The Labute approximate surface area is 226 Å². The third-order valence-electron chi connectivity index (χ3n) is 7.36. The minimum atomic E-state index is -4.74. The van der Waals surface area contributed by atoms with Gasteiger partial charge in [-0.15, -0.1) is 13.2 Å². The number of nitrogens with two attached hydrogens (primary N) is 1. The van der Waals surface area contributed by atoms with Crippen LogP contribution < -0.4 is 10.5 Å². The summed E-state index contributed by atoms with van der Waals surface area (Å²) in [5, 5.41) is 9.71. The normalized spacial score (nSPS) is 17.8. The Kier molecular flexibility index (Phi) is 9.88. The van der Waals surface area contributed by atoms with Gasteiger partial charge in [0.1, 0.15) is 11.4 Å². The number of hydrogen-bond donors (Lipinski definition) is 3. The highest BCUT2D eigenvalue weighted by Crippen LogP contribution is 2.31. The van der Waals surface area contributed by atoms with Crippen LogP contribution >= 0.6 is 0 Å². The average molecular weight is 547 g/mol. The van der Waals surface area contributed by atoms with Crippen LogP contribution in [0.25, 0.3) is 22.0 Å². The maximum absolute atomic E-state index is 12.2. The van der Waals surface area contributed by atoms with Crippen LogP contribution in [0, 0.1) is 0 Å². The number of benzene rings is 2. The Morgan fingerprint density at radius 1 is 0.949 bits per heavy atom. The molecule has 10 heteroatoms.